The predicted octanol–water partition coefficient (Wildman–Crippen LogP) is 0.839. The Morgan fingerprint density at radius 3 is 2.45 bits per heavy atom. The normalized spacial score (nSPS) is 24.4. The molecular weight excluding hydrogens is 278 g/mol. The van der Waals surface area contributed by atoms with Gasteiger partial charge in [-0.25, -0.2) is 9.59 Å². The minimum absolute atomic E-state index is 0.119. The van der Waals surface area contributed by atoms with Gasteiger partial charge < -0.3 is 14.9 Å². The van der Waals surface area contributed by atoms with E-state index in [-0.39, 0.29) is 6.03 Å². The van der Waals surface area contributed by atoms with E-state index in [9.17, 15) is 9.59 Å². The van der Waals surface area contributed by atoms with Crippen LogP contribution in [-0.2, 0) is 4.79 Å². The summed E-state index contributed by atoms with van der Waals surface area (Å²) < 4.78 is 0. The fourth-order valence-electron chi connectivity index (χ4n) is 2.66. The summed E-state index contributed by atoms with van der Waals surface area (Å²) >= 11 is 1.51. The van der Waals surface area contributed by atoms with Crippen LogP contribution < -0.4 is 0 Å². The quantitative estimate of drug-likeness (QED) is 0.837. The van der Waals surface area contributed by atoms with Crippen molar-refractivity contribution >= 4 is 23.8 Å². The van der Waals surface area contributed by atoms with Crippen molar-refractivity contribution in [1.82, 2.24) is 14.7 Å². The Balaban J connectivity index is 1.87. The van der Waals surface area contributed by atoms with Gasteiger partial charge in [0, 0.05) is 38.5 Å². The van der Waals surface area contributed by atoms with Crippen LogP contribution in [0.15, 0.2) is 0 Å². The summed E-state index contributed by atoms with van der Waals surface area (Å²) in [5, 5.41) is 9.14. The zero-order valence-corrected chi connectivity index (χ0v) is 12.9. The fraction of sp³-hybridized carbons (Fsp3) is 0.846. The first-order chi connectivity index (χ1) is 9.49. The monoisotopic (exact) mass is 301 g/mol. The largest absolute Gasteiger partial charge is 0.480 e. The van der Waals surface area contributed by atoms with Crippen molar-refractivity contribution in [1.29, 1.82) is 0 Å². The van der Waals surface area contributed by atoms with Gasteiger partial charge in [-0.15, -0.1) is 11.8 Å². The molecule has 1 atom stereocenters. The molecule has 0 bridgehead atoms. The highest BCUT2D eigenvalue weighted by atomic mass is 32.2. The summed E-state index contributed by atoms with van der Waals surface area (Å²) in [4.78, 5) is 29.2. The zero-order chi connectivity index (χ0) is 14.7. The molecule has 0 spiro atoms. The molecule has 0 aromatic heterocycles. The van der Waals surface area contributed by atoms with Gasteiger partial charge in [0.15, 0.2) is 0 Å². The highest BCUT2D eigenvalue weighted by Crippen LogP contribution is 2.23. The van der Waals surface area contributed by atoms with Gasteiger partial charge in [0.1, 0.15) is 6.04 Å². The molecule has 2 saturated heterocycles. The van der Waals surface area contributed by atoms with Crippen LogP contribution in [0.3, 0.4) is 0 Å². The molecule has 0 aromatic rings. The van der Waals surface area contributed by atoms with Crippen molar-refractivity contribution in [3.8, 4) is 0 Å². The molecule has 2 aliphatic heterocycles. The molecule has 6 nitrogen and oxygen atoms in total. The molecule has 7 heteroatoms. The second-order valence-electron chi connectivity index (χ2n) is 5.79. The molecule has 2 fully saturated rings. The summed E-state index contributed by atoms with van der Waals surface area (Å²) in [6.45, 7) is 8.58. The lowest BCUT2D eigenvalue weighted by Gasteiger charge is -2.37. The van der Waals surface area contributed by atoms with E-state index >= 15 is 0 Å². The molecule has 20 heavy (non-hydrogen) atoms. The number of hydrogen-bond donors (Lipinski definition) is 1. The molecule has 0 unspecified atom stereocenters. The number of carboxylic acid groups (broad SMARTS) is 1. The number of carbonyl (C=O) groups excluding carboxylic acids is 1. The SMILES string of the molecule is CC(C)CN1CCN(C(=O)N2CSC[C@H]2C(=O)O)CC1. The van der Waals surface area contributed by atoms with E-state index in [2.05, 4.69) is 18.7 Å². The maximum Gasteiger partial charge on any atom is 0.327 e. The van der Waals surface area contributed by atoms with Crippen molar-refractivity contribution in [3.63, 3.8) is 0 Å². The second-order valence-corrected chi connectivity index (χ2v) is 6.79. The summed E-state index contributed by atoms with van der Waals surface area (Å²) in [5.74, 6) is 0.710. The third-order valence-electron chi connectivity index (χ3n) is 3.68. The van der Waals surface area contributed by atoms with E-state index in [0.717, 1.165) is 19.6 Å². The average molecular weight is 301 g/mol. The van der Waals surface area contributed by atoms with Crippen LogP contribution in [0.1, 0.15) is 13.8 Å². The van der Waals surface area contributed by atoms with E-state index < -0.39 is 12.0 Å². The Kier molecular flexibility index (Phi) is 5.15. The van der Waals surface area contributed by atoms with Crippen LogP contribution >= 0.6 is 11.8 Å². The number of rotatable bonds is 3. The van der Waals surface area contributed by atoms with Gasteiger partial charge in [0.05, 0.1) is 5.88 Å². The second kappa shape index (κ2) is 6.67. The molecule has 2 rings (SSSR count). The van der Waals surface area contributed by atoms with Crippen LogP contribution in [0.25, 0.3) is 0 Å². The number of piperazine rings is 1. The Morgan fingerprint density at radius 2 is 1.90 bits per heavy atom. The van der Waals surface area contributed by atoms with Crippen LogP contribution in [0.2, 0.25) is 0 Å². The summed E-state index contributed by atoms with van der Waals surface area (Å²) in [6.07, 6.45) is 0. The minimum Gasteiger partial charge on any atom is -0.480 e. The number of hydrogen-bond acceptors (Lipinski definition) is 4. The van der Waals surface area contributed by atoms with Crippen molar-refractivity contribution in [2.45, 2.75) is 19.9 Å². The maximum absolute atomic E-state index is 12.4. The van der Waals surface area contributed by atoms with Gasteiger partial charge in [-0.05, 0) is 5.92 Å². The van der Waals surface area contributed by atoms with E-state index in [0.29, 0.717) is 30.6 Å². The lowest BCUT2D eigenvalue weighted by molar-refractivity contribution is -0.141. The highest BCUT2D eigenvalue weighted by molar-refractivity contribution is 7.99. The first-order valence-electron chi connectivity index (χ1n) is 7.07. The van der Waals surface area contributed by atoms with E-state index in [1.54, 1.807) is 4.90 Å². The van der Waals surface area contributed by atoms with Gasteiger partial charge >= 0.3 is 12.0 Å². The fourth-order valence-corrected chi connectivity index (χ4v) is 3.79. The number of urea groups is 1. The van der Waals surface area contributed by atoms with E-state index in [1.165, 1.54) is 16.7 Å². The first kappa shape index (κ1) is 15.4. The summed E-state index contributed by atoms with van der Waals surface area (Å²) in [6, 6.07) is -0.784. The van der Waals surface area contributed by atoms with Crippen molar-refractivity contribution in [2.24, 2.45) is 5.92 Å². The van der Waals surface area contributed by atoms with Gasteiger partial charge in [-0.2, -0.15) is 0 Å². The maximum atomic E-state index is 12.4. The molecule has 2 amide bonds. The minimum atomic E-state index is -0.901. The van der Waals surface area contributed by atoms with E-state index in [1.807, 2.05) is 0 Å². The van der Waals surface area contributed by atoms with Crippen molar-refractivity contribution in [3.05, 3.63) is 0 Å². The average Bonchev–Trinajstić information content (AvgIpc) is 2.87. The predicted molar refractivity (Wildman–Crippen MR) is 78.8 cm³/mol. The molecule has 1 N–H and O–H groups in total. The molecule has 0 radical (unpaired) electrons. The highest BCUT2D eigenvalue weighted by Gasteiger charge is 2.37. The topological polar surface area (TPSA) is 64.1 Å². The Morgan fingerprint density at radius 1 is 1.25 bits per heavy atom. The molecule has 0 saturated carbocycles. The number of carboxylic acids is 1. The van der Waals surface area contributed by atoms with Crippen molar-refractivity contribution < 1.29 is 14.7 Å². The number of amides is 2. The Bertz CT molecular complexity index is 370. The molecular formula is C13H23N3O3S. The van der Waals surface area contributed by atoms with Crippen molar-refractivity contribution in [2.75, 3.05) is 44.4 Å². The number of aliphatic carboxylic acids is 1. The molecule has 2 heterocycles. The molecule has 114 valence electrons. The van der Waals surface area contributed by atoms with Crippen LogP contribution in [0, 0.1) is 5.92 Å². The number of thioether (sulfide) groups is 1. The van der Waals surface area contributed by atoms with Crippen LogP contribution in [0.5, 0.6) is 0 Å². The van der Waals surface area contributed by atoms with Gasteiger partial charge in [-0.3, -0.25) is 4.90 Å². The zero-order valence-electron chi connectivity index (χ0n) is 12.1. The summed E-state index contributed by atoms with van der Waals surface area (Å²) in [7, 11) is 0. The van der Waals surface area contributed by atoms with Gasteiger partial charge in [0.25, 0.3) is 0 Å². The van der Waals surface area contributed by atoms with Gasteiger partial charge in [-0.1, -0.05) is 13.8 Å². The van der Waals surface area contributed by atoms with Crippen LogP contribution in [0.4, 0.5) is 4.79 Å². The summed E-state index contributed by atoms with van der Waals surface area (Å²) in [5.41, 5.74) is 0. The number of nitrogens with zero attached hydrogens (tertiary/aromatic N) is 3. The molecule has 0 aromatic carbocycles. The standard InChI is InChI=1S/C13H23N3O3S/c1-10(2)7-14-3-5-15(6-4-14)13(19)16-9-20-8-11(16)12(17)18/h10-11H,3-9H2,1-2H3,(H,17,18)/t11-/m0/s1. The lowest BCUT2D eigenvalue weighted by Crippen LogP contribution is -2.55. The van der Waals surface area contributed by atoms with Crippen LogP contribution in [-0.4, -0.2) is 82.2 Å². The molecule has 0 aliphatic carbocycles. The smallest absolute Gasteiger partial charge is 0.327 e. The Hall–Kier alpha value is -0.950. The third-order valence-corrected chi connectivity index (χ3v) is 4.69. The van der Waals surface area contributed by atoms with Gasteiger partial charge in [0.2, 0.25) is 0 Å². The first-order valence-corrected chi connectivity index (χ1v) is 8.23. The third kappa shape index (κ3) is 3.58. The number of carbonyl (C=O) groups is 2. The lowest BCUT2D eigenvalue weighted by atomic mass is 10.2. The molecule has 2 aliphatic rings. The van der Waals surface area contributed by atoms with E-state index in [4.69, 9.17) is 5.11 Å². The Labute approximate surface area is 124 Å².